The van der Waals surface area contributed by atoms with Crippen LogP contribution in [0.2, 0.25) is 0 Å². The third-order valence-electron chi connectivity index (χ3n) is 3.40. The summed E-state index contributed by atoms with van der Waals surface area (Å²) in [4.78, 5) is 12.1. The van der Waals surface area contributed by atoms with E-state index in [9.17, 15) is 13.2 Å². The van der Waals surface area contributed by atoms with Gasteiger partial charge in [-0.3, -0.25) is 4.79 Å². The Kier molecular flexibility index (Phi) is 5.08. The lowest BCUT2D eigenvalue weighted by molar-refractivity contribution is 0.0953. The lowest BCUT2D eigenvalue weighted by Gasteiger charge is -2.19. The Balaban J connectivity index is 1.90. The van der Waals surface area contributed by atoms with E-state index >= 15 is 0 Å². The maximum Gasteiger partial charge on any atom is 0.335 e. The van der Waals surface area contributed by atoms with Crippen LogP contribution in [-0.4, -0.2) is 37.3 Å². The lowest BCUT2D eigenvalue weighted by Crippen LogP contribution is -2.26. The van der Waals surface area contributed by atoms with Crippen molar-refractivity contribution < 1.29 is 17.6 Å². The molecule has 24 heavy (non-hydrogen) atoms. The molecule has 1 aromatic heterocycles. The summed E-state index contributed by atoms with van der Waals surface area (Å²) < 4.78 is 27.5. The van der Waals surface area contributed by atoms with Crippen molar-refractivity contribution in [1.29, 1.82) is 0 Å². The second-order valence-electron chi connectivity index (χ2n) is 6.57. The molecule has 0 radical (unpaired) electrons. The van der Waals surface area contributed by atoms with Gasteiger partial charge in [0.15, 0.2) is 0 Å². The molecule has 0 saturated carbocycles. The zero-order valence-electron chi connectivity index (χ0n) is 14.2. The van der Waals surface area contributed by atoms with Gasteiger partial charge in [-0.25, -0.2) is 8.42 Å². The Labute approximate surface area is 141 Å². The number of nitrogens with one attached hydrogen (secondary N) is 1. The fraction of sp³-hybridized carbons (Fsp3) is 0.438. The van der Waals surface area contributed by atoms with Crippen molar-refractivity contribution in [2.75, 3.05) is 12.8 Å². The van der Waals surface area contributed by atoms with E-state index in [1.54, 1.807) is 12.1 Å². The summed E-state index contributed by atoms with van der Waals surface area (Å²) in [6.07, 6.45) is 1.25. The van der Waals surface area contributed by atoms with Crippen molar-refractivity contribution in [3.8, 4) is 0 Å². The van der Waals surface area contributed by atoms with E-state index in [-0.39, 0.29) is 30.2 Å². The number of amides is 1. The minimum absolute atomic E-state index is 0.0320. The molecule has 8 heteroatoms. The number of sulfone groups is 1. The Bertz CT molecular complexity index is 818. The first-order chi connectivity index (χ1) is 11.1. The highest BCUT2D eigenvalue weighted by molar-refractivity contribution is 7.90. The van der Waals surface area contributed by atoms with E-state index < -0.39 is 15.1 Å². The lowest BCUT2D eigenvalue weighted by atomic mass is 9.87. The molecule has 0 saturated heterocycles. The summed E-state index contributed by atoms with van der Waals surface area (Å²) in [6, 6.07) is 7.44. The van der Waals surface area contributed by atoms with Crippen LogP contribution in [0.3, 0.4) is 0 Å². The van der Waals surface area contributed by atoms with E-state index in [1.807, 2.05) is 12.1 Å². The van der Waals surface area contributed by atoms with E-state index in [1.165, 1.54) is 0 Å². The largest absolute Gasteiger partial charge is 0.412 e. The highest BCUT2D eigenvalue weighted by atomic mass is 32.2. The molecule has 2 aromatic rings. The summed E-state index contributed by atoms with van der Waals surface area (Å²) in [6.45, 7) is 6.59. The Hall–Kier alpha value is -2.22. The van der Waals surface area contributed by atoms with Crippen molar-refractivity contribution in [1.82, 2.24) is 15.5 Å². The molecule has 0 spiro atoms. The summed E-state index contributed by atoms with van der Waals surface area (Å²) in [5.41, 5.74) is 1.74. The van der Waals surface area contributed by atoms with Gasteiger partial charge in [-0.2, -0.15) is 0 Å². The predicted molar refractivity (Wildman–Crippen MR) is 88.6 cm³/mol. The van der Waals surface area contributed by atoms with Gasteiger partial charge in [0, 0.05) is 24.8 Å². The smallest absolute Gasteiger partial charge is 0.335 e. The van der Waals surface area contributed by atoms with Gasteiger partial charge in [0.25, 0.3) is 5.91 Å². The van der Waals surface area contributed by atoms with Gasteiger partial charge in [0.2, 0.25) is 15.7 Å². The first-order valence-corrected chi connectivity index (χ1v) is 9.38. The molecule has 130 valence electrons. The molecule has 1 aromatic carbocycles. The summed E-state index contributed by atoms with van der Waals surface area (Å²) in [7, 11) is -3.51. The van der Waals surface area contributed by atoms with Crippen molar-refractivity contribution >= 4 is 15.7 Å². The molecule has 0 aliphatic heterocycles. The van der Waals surface area contributed by atoms with E-state index in [0.717, 1.165) is 11.8 Å². The molecule has 7 nitrogen and oxygen atoms in total. The number of carbonyl (C=O) groups is 1. The SMILES string of the molecule is CC(C)(C)c1ccc(C(=O)NCCc2nnc(S(C)(=O)=O)o2)cc1. The highest BCUT2D eigenvalue weighted by Crippen LogP contribution is 2.22. The van der Waals surface area contributed by atoms with Crippen LogP contribution in [0.5, 0.6) is 0 Å². The minimum atomic E-state index is -3.51. The quantitative estimate of drug-likeness (QED) is 0.880. The fourth-order valence-corrected chi connectivity index (χ4v) is 2.43. The molecular weight excluding hydrogens is 330 g/mol. The molecule has 0 bridgehead atoms. The number of benzene rings is 1. The Morgan fingerprint density at radius 2 is 1.79 bits per heavy atom. The second kappa shape index (κ2) is 6.72. The normalized spacial score (nSPS) is 12.2. The topological polar surface area (TPSA) is 102 Å². The van der Waals surface area contributed by atoms with E-state index in [0.29, 0.717) is 5.56 Å². The molecule has 0 atom stereocenters. The van der Waals surface area contributed by atoms with Crippen LogP contribution < -0.4 is 5.32 Å². The monoisotopic (exact) mass is 351 g/mol. The molecule has 2 rings (SSSR count). The average Bonchev–Trinajstić information content (AvgIpc) is 2.95. The molecule has 1 N–H and O–H groups in total. The van der Waals surface area contributed by atoms with Gasteiger partial charge >= 0.3 is 5.22 Å². The van der Waals surface area contributed by atoms with Crippen LogP contribution in [0.25, 0.3) is 0 Å². The molecule has 0 unspecified atom stereocenters. The highest BCUT2D eigenvalue weighted by Gasteiger charge is 2.17. The summed E-state index contributed by atoms with van der Waals surface area (Å²) in [5.74, 6) is -0.0443. The third kappa shape index (κ3) is 4.64. The first-order valence-electron chi connectivity index (χ1n) is 7.48. The van der Waals surface area contributed by atoms with E-state index in [2.05, 4.69) is 36.3 Å². The van der Waals surface area contributed by atoms with Crippen LogP contribution in [0.4, 0.5) is 0 Å². The number of rotatable bonds is 5. The second-order valence-corrected chi connectivity index (χ2v) is 8.46. The number of nitrogens with zero attached hydrogens (tertiary/aromatic N) is 2. The fourth-order valence-electron chi connectivity index (χ4n) is 2.00. The Morgan fingerprint density at radius 1 is 1.17 bits per heavy atom. The van der Waals surface area contributed by atoms with Gasteiger partial charge in [-0.15, -0.1) is 5.10 Å². The van der Waals surface area contributed by atoms with Gasteiger partial charge in [0.05, 0.1) is 0 Å². The van der Waals surface area contributed by atoms with Crippen molar-refractivity contribution in [2.24, 2.45) is 0 Å². The number of hydrogen-bond acceptors (Lipinski definition) is 6. The average molecular weight is 351 g/mol. The van der Waals surface area contributed by atoms with Gasteiger partial charge in [-0.1, -0.05) is 38.0 Å². The van der Waals surface area contributed by atoms with Crippen LogP contribution in [0.1, 0.15) is 42.6 Å². The van der Waals surface area contributed by atoms with Crippen LogP contribution >= 0.6 is 0 Å². The molecule has 0 aliphatic rings. The van der Waals surface area contributed by atoms with Crippen LogP contribution in [0, 0.1) is 0 Å². The summed E-state index contributed by atoms with van der Waals surface area (Å²) >= 11 is 0. The van der Waals surface area contributed by atoms with Gasteiger partial charge in [-0.05, 0) is 23.1 Å². The molecule has 0 fully saturated rings. The van der Waals surface area contributed by atoms with Crippen LogP contribution in [-0.2, 0) is 21.7 Å². The summed E-state index contributed by atoms with van der Waals surface area (Å²) in [5, 5.41) is 9.42. The van der Waals surface area contributed by atoms with Crippen molar-refractivity contribution in [3.63, 3.8) is 0 Å². The number of aromatic nitrogens is 2. The molecule has 1 amide bonds. The maximum atomic E-state index is 12.1. The zero-order chi connectivity index (χ0) is 18.0. The van der Waals surface area contributed by atoms with E-state index in [4.69, 9.17) is 4.42 Å². The molecule has 1 heterocycles. The molecule has 0 aliphatic carbocycles. The van der Waals surface area contributed by atoms with Crippen molar-refractivity contribution in [3.05, 3.63) is 41.3 Å². The minimum Gasteiger partial charge on any atom is -0.412 e. The third-order valence-corrected chi connectivity index (χ3v) is 4.20. The van der Waals surface area contributed by atoms with Crippen LogP contribution in [0.15, 0.2) is 33.9 Å². The first kappa shape index (κ1) is 18.1. The van der Waals surface area contributed by atoms with Gasteiger partial charge < -0.3 is 9.73 Å². The Morgan fingerprint density at radius 3 is 2.29 bits per heavy atom. The molecular formula is C16H21N3O4S. The maximum absolute atomic E-state index is 12.1. The predicted octanol–water partition coefficient (Wildman–Crippen LogP) is 1.74. The van der Waals surface area contributed by atoms with Crippen molar-refractivity contribution in [2.45, 2.75) is 37.8 Å². The number of carbonyl (C=O) groups excluding carboxylic acids is 1. The number of hydrogen-bond donors (Lipinski definition) is 1. The van der Waals surface area contributed by atoms with Gasteiger partial charge in [0.1, 0.15) is 0 Å². The zero-order valence-corrected chi connectivity index (χ0v) is 15.0. The standard InChI is InChI=1S/C16H21N3O4S/c1-16(2,3)12-7-5-11(6-8-12)14(20)17-10-9-13-18-19-15(23-13)24(4,21)22/h5-8H,9-10H2,1-4H3,(H,17,20).